The largest absolute Gasteiger partial charge is 0.341 e. The molecule has 208 valence electrons. The second-order valence-corrected chi connectivity index (χ2v) is 11.6. The van der Waals surface area contributed by atoms with Crippen molar-refractivity contribution in [2.24, 2.45) is 4.99 Å². The highest BCUT2D eigenvalue weighted by atomic mass is 35.5. The lowest BCUT2D eigenvalue weighted by atomic mass is 9.94. The highest BCUT2D eigenvalue weighted by Crippen LogP contribution is 2.32. The zero-order valence-electron chi connectivity index (χ0n) is 23.5. The number of hydrogen-bond acceptors (Lipinski definition) is 4. The molecule has 0 fully saturated rings. The molecule has 41 heavy (non-hydrogen) atoms. The normalized spacial score (nSPS) is 15.4. The fourth-order valence-electron chi connectivity index (χ4n) is 5.89. The van der Waals surface area contributed by atoms with Crippen LogP contribution in [0.5, 0.6) is 0 Å². The van der Waals surface area contributed by atoms with Gasteiger partial charge in [-0.2, -0.15) is 0 Å². The van der Waals surface area contributed by atoms with Crippen molar-refractivity contribution in [3.8, 4) is 0 Å². The maximum absolute atomic E-state index is 14.1. The first kappa shape index (κ1) is 27.2. The first-order valence-electron chi connectivity index (χ1n) is 13.9. The molecule has 0 saturated heterocycles. The zero-order valence-corrected chi connectivity index (χ0v) is 25.1. The van der Waals surface area contributed by atoms with Gasteiger partial charge in [-0.15, -0.1) is 0 Å². The SMILES string of the molecule is CCN(CC)C(=O)C1=C(C)N=c2s/c(=C/c3ccc4c(c3)c3ccccc3n4CC)c(=O)n2[C@@H]1c1ccc(Cl)cc1. The molecule has 3 heterocycles. The number of allylic oxidation sites excluding steroid dienone is 1. The Hall–Kier alpha value is -3.94. The van der Waals surface area contributed by atoms with Gasteiger partial charge < -0.3 is 9.47 Å². The number of nitrogens with zero attached hydrogens (tertiary/aromatic N) is 4. The summed E-state index contributed by atoms with van der Waals surface area (Å²) >= 11 is 7.56. The molecule has 1 atom stereocenters. The van der Waals surface area contributed by atoms with E-state index in [-0.39, 0.29) is 11.5 Å². The van der Waals surface area contributed by atoms with E-state index in [1.807, 2.05) is 39.0 Å². The summed E-state index contributed by atoms with van der Waals surface area (Å²) in [6.45, 7) is 9.94. The molecule has 1 aliphatic heterocycles. The standard InChI is InChI=1S/C33H31ClN4O2S/c1-5-36(6-2)32(40)29-20(4)35-33-38(30(29)22-13-15-23(34)16-14-22)31(39)28(41-33)19-21-12-17-27-25(18-21)24-10-8-9-11-26(24)37(27)7-3/h8-19,30H,5-7H2,1-4H3/b28-19+/t30-/m1/s1. The van der Waals surface area contributed by atoms with Gasteiger partial charge in [-0.3, -0.25) is 14.2 Å². The van der Waals surface area contributed by atoms with Crippen LogP contribution in [0.2, 0.25) is 5.02 Å². The molecule has 0 spiro atoms. The number of aryl methyl sites for hydroxylation is 1. The lowest BCUT2D eigenvalue weighted by Gasteiger charge is -2.29. The minimum absolute atomic E-state index is 0.108. The third-order valence-corrected chi connectivity index (χ3v) is 9.13. The molecule has 1 amide bonds. The molecule has 8 heteroatoms. The van der Waals surface area contributed by atoms with Gasteiger partial charge in [0.25, 0.3) is 11.5 Å². The van der Waals surface area contributed by atoms with Crippen molar-refractivity contribution in [1.29, 1.82) is 0 Å². The fourth-order valence-corrected chi connectivity index (χ4v) is 7.06. The minimum Gasteiger partial charge on any atom is -0.341 e. The van der Waals surface area contributed by atoms with Gasteiger partial charge in [-0.1, -0.05) is 59.3 Å². The molecule has 2 aromatic heterocycles. The van der Waals surface area contributed by atoms with E-state index in [1.165, 1.54) is 27.8 Å². The maximum atomic E-state index is 14.1. The summed E-state index contributed by atoms with van der Waals surface area (Å²) in [7, 11) is 0. The molecule has 0 N–H and O–H groups in total. The number of fused-ring (bicyclic) bond motifs is 4. The summed E-state index contributed by atoms with van der Waals surface area (Å²) in [5.41, 5.74) is 5.12. The predicted molar refractivity (Wildman–Crippen MR) is 168 cm³/mol. The number of likely N-dealkylation sites (N-methyl/N-ethyl adjacent to an activating group) is 1. The molecule has 5 aromatic rings. The van der Waals surface area contributed by atoms with E-state index >= 15 is 0 Å². The Kier molecular flexibility index (Phi) is 7.18. The Morgan fingerprint density at radius 1 is 1.00 bits per heavy atom. The molecule has 6 rings (SSSR count). The van der Waals surface area contributed by atoms with E-state index in [9.17, 15) is 9.59 Å². The van der Waals surface area contributed by atoms with Gasteiger partial charge in [0.15, 0.2) is 4.80 Å². The van der Waals surface area contributed by atoms with Crippen LogP contribution < -0.4 is 14.9 Å². The number of carbonyl (C=O) groups is 1. The van der Waals surface area contributed by atoms with Crippen molar-refractivity contribution in [3.63, 3.8) is 0 Å². The molecule has 0 saturated carbocycles. The summed E-state index contributed by atoms with van der Waals surface area (Å²) in [5, 5.41) is 2.95. The van der Waals surface area contributed by atoms with Crippen molar-refractivity contribution in [2.45, 2.75) is 40.3 Å². The van der Waals surface area contributed by atoms with Crippen LogP contribution in [0.3, 0.4) is 0 Å². The summed E-state index contributed by atoms with van der Waals surface area (Å²) in [4.78, 5) is 35.0. The molecule has 0 unspecified atom stereocenters. The van der Waals surface area contributed by atoms with Gasteiger partial charge >= 0.3 is 0 Å². The number of carbonyl (C=O) groups excluding carboxylic acids is 1. The second-order valence-electron chi connectivity index (χ2n) is 10.1. The fraction of sp³-hybridized carbons (Fsp3) is 0.242. The highest BCUT2D eigenvalue weighted by molar-refractivity contribution is 7.07. The number of thiazole rings is 1. The Balaban J connectivity index is 1.54. The molecule has 3 aromatic carbocycles. The second kappa shape index (κ2) is 10.8. The van der Waals surface area contributed by atoms with Crippen LogP contribution in [0, 0.1) is 0 Å². The molecule has 0 radical (unpaired) electrons. The van der Waals surface area contributed by atoms with E-state index in [2.05, 4.69) is 54.0 Å². The van der Waals surface area contributed by atoms with Crippen LogP contribution >= 0.6 is 22.9 Å². The third kappa shape index (κ3) is 4.53. The van der Waals surface area contributed by atoms with Gasteiger partial charge in [0.2, 0.25) is 0 Å². The van der Waals surface area contributed by atoms with E-state index in [0.29, 0.717) is 38.7 Å². The molecule has 6 nitrogen and oxygen atoms in total. The molecular weight excluding hydrogens is 552 g/mol. The van der Waals surface area contributed by atoms with Crippen molar-refractivity contribution in [2.75, 3.05) is 13.1 Å². The Morgan fingerprint density at radius 2 is 1.71 bits per heavy atom. The zero-order chi connectivity index (χ0) is 28.8. The number of amides is 1. The average molecular weight is 583 g/mol. The number of para-hydroxylation sites is 1. The van der Waals surface area contributed by atoms with Gasteiger partial charge in [0.1, 0.15) is 0 Å². The lowest BCUT2D eigenvalue weighted by molar-refractivity contribution is -0.127. The van der Waals surface area contributed by atoms with Crippen molar-refractivity contribution in [3.05, 3.63) is 114 Å². The van der Waals surface area contributed by atoms with Crippen LogP contribution in [-0.4, -0.2) is 33.0 Å². The first-order chi connectivity index (χ1) is 19.9. The van der Waals surface area contributed by atoms with E-state index < -0.39 is 6.04 Å². The van der Waals surface area contributed by atoms with Crippen LogP contribution in [0.25, 0.3) is 27.9 Å². The predicted octanol–water partition coefficient (Wildman–Crippen LogP) is 5.88. The molecule has 0 aliphatic carbocycles. The lowest BCUT2D eigenvalue weighted by Crippen LogP contribution is -2.43. The quantitative estimate of drug-likeness (QED) is 0.251. The monoisotopic (exact) mass is 582 g/mol. The molecular formula is C33H31ClN4O2S. The smallest absolute Gasteiger partial charge is 0.271 e. The van der Waals surface area contributed by atoms with Crippen LogP contribution in [0.1, 0.15) is 44.9 Å². The Labute approximate surface area is 247 Å². The van der Waals surface area contributed by atoms with Gasteiger partial charge in [0, 0.05) is 46.5 Å². The van der Waals surface area contributed by atoms with Crippen LogP contribution in [0.4, 0.5) is 0 Å². The van der Waals surface area contributed by atoms with Gasteiger partial charge in [-0.05, 0) is 75.2 Å². The Bertz CT molecular complexity index is 2030. The summed E-state index contributed by atoms with van der Waals surface area (Å²) in [5.74, 6) is -0.108. The Morgan fingerprint density at radius 3 is 2.41 bits per heavy atom. The highest BCUT2D eigenvalue weighted by Gasteiger charge is 2.34. The average Bonchev–Trinajstić information content (AvgIpc) is 3.46. The van der Waals surface area contributed by atoms with Crippen molar-refractivity contribution < 1.29 is 4.79 Å². The van der Waals surface area contributed by atoms with Crippen LogP contribution in [0.15, 0.2) is 87.8 Å². The van der Waals surface area contributed by atoms with E-state index in [4.69, 9.17) is 16.6 Å². The number of hydrogen-bond donors (Lipinski definition) is 0. The first-order valence-corrected chi connectivity index (χ1v) is 15.1. The van der Waals surface area contributed by atoms with E-state index in [1.54, 1.807) is 21.6 Å². The number of rotatable bonds is 6. The molecule has 0 bridgehead atoms. The maximum Gasteiger partial charge on any atom is 0.271 e. The minimum atomic E-state index is -0.594. The summed E-state index contributed by atoms with van der Waals surface area (Å²) in [6, 6.07) is 21.5. The number of aromatic nitrogens is 2. The van der Waals surface area contributed by atoms with Gasteiger partial charge in [-0.25, -0.2) is 4.99 Å². The third-order valence-electron chi connectivity index (χ3n) is 7.90. The number of halogens is 1. The topological polar surface area (TPSA) is 59.6 Å². The molecule has 1 aliphatic rings. The van der Waals surface area contributed by atoms with E-state index in [0.717, 1.165) is 23.1 Å². The van der Waals surface area contributed by atoms with Crippen molar-refractivity contribution in [1.82, 2.24) is 14.0 Å². The summed E-state index contributed by atoms with van der Waals surface area (Å²) < 4.78 is 4.56. The van der Waals surface area contributed by atoms with Crippen molar-refractivity contribution >= 4 is 56.7 Å². The van der Waals surface area contributed by atoms with Gasteiger partial charge in [0.05, 0.1) is 21.8 Å². The number of benzene rings is 3. The van der Waals surface area contributed by atoms with Crippen LogP contribution in [-0.2, 0) is 11.3 Å². The summed E-state index contributed by atoms with van der Waals surface area (Å²) in [6.07, 6.45) is 1.94.